The van der Waals surface area contributed by atoms with Crippen molar-refractivity contribution < 1.29 is 0 Å². The number of aromatic nitrogens is 2. The summed E-state index contributed by atoms with van der Waals surface area (Å²) in [5, 5.41) is 3.67. The maximum absolute atomic E-state index is 5.75. The maximum Gasteiger partial charge on any atom is 0.129 e. The first-order valence-corrected chi connectivity index (χ1v) is 3.06. The highest BCUT2D eigenvalue weighted by Crippen LogP contribution is 2.12. The number of hydrogen-bond donors (Lipinski definition) is 1. The van der Waals surface area contributed by atoms with Gasteiger partial charge in [-0.25, -0.2) is 4.52 Å². The first-order valence-electron chi connectivity index (χ1n) is 2.68. The minimum absolute atomic E-state index is 0.718. The normalized spacial score (nSPS) is 10.8. The van der Waals surface area contributed by atoms with Crippen LogP contribution in [0.4, 0.5) is 0 Å². The lowest BCUT2D eigenvalue weighted by Gasteiger charge is -1.83. The molecule has 2 aromatic rings. The lowest BCUT2D eigenvalue weighted by Crippen LogP contribution is -1.78. The summed E-state index contributed by atoms with van der Waals surface area (Å²) in [7, 11) is 0. The van der Waals surface area contributed by atoms with E-state index in [1.807, 2.05) is 28.9 Å². The highest BCUT2D eigenvalue weighted by Gasteiger charge is 1.95. The Morgan fingerprint density at radius 2 is 2.22 bits per heavy atom. The minimum atomic E-state index is 0.718. The summed E-state index contributed by atoms with van der Waals surface area (Å²) in [5.41, 5.74) is 1.10. The molecule has 3 heteroatoms. The highest BCUT2D eigenvalue weighted by atomic mass is 35.5. The number of fused-ring (bicyclic) bond motifs is 1. The van der Waals surface area contributed by atoms with Crippen molar-refractivity contribution in [1.82, 2.24) is 9.61 Å². The van der Waals surface area contributed by atoms with Crippen LogP contribution in [0.3, 0.4) is 0 Å². The van der Waals surface area contributed by atoms with Gasteiger partial charge in [0.15, 0.2) is 0 Å². The van der Waals surface area contributed by atoms with E-state index in [1.54, 1.807) is 0 Å². The molecule has 0 saturated carbocycles. The van der Waals surface area contributed by atoms with E-state index in [4.69, 9.17) is 11.6 Å². The van der Waals surface area contributed by atoms with Gasteiger partial charge in [-0.1, -0.05) is 11.6 Å². The standard InChI is InChI=1S/C6H5ClN2/c7-6-2-1-5-3-4-8-9(5)6/h1-4,8H. The molecule has 0 atom stereocenters. The van der Waals surface area contributed by atoms with E-state index in [-0.39, 0.29) is 0 Å². The largest absolute Gasteiger partial charge is 0.300 e. The Morgan fingerprint density at radius 3 is 3.00 bits per heavy atom. The smallest absolute Gasteiger partial charge is 0.129 e. The molecule has 0 aromatic carbocycles. The number of nitrogens with one attached hydrogen (secondary N) is 1. The van der Waals surface area contributed by atoms with Crippen LogP contribution in [0.5, 0.6) is 0 Å². The molecular weight excluding hydrogens is 136 g/mol. The molecule has 0 saturated heterocycles. The lowest BCUT2D eigenvalue weighted by molar-refractivity contribution is 0.977. The van der Waals surface area contributed by atoms with E-state index in [0.29, 0.717) is 0 Å². The van der Waals surface area contributed by atoms with Gasteiger partial charge in [0.05, 0.1) is 5.52 Å². The zero-order valence-corrected chi connectivity index (χ0v) is 5.39. The molecule has 1 N–H and O–H groups in total. The SMILES string of the molecule is Clc1ccc2cc[nH]n12. The third kappa shape index (κ3) is 0.566. The summed E-state index contributed by atoms with van der Waals surface area (Å²) in [6.07, 6.45) is 1.85. The van der Waals surface area contributed by atoms with Gasteiger partial charge in [0.2, 0.25) is 0 Å². The van der Waals surface area contributed by atoms with Gasteiger partial charge in [-0.2, -0.15) is 0 Å². The molecule has 0 spiro atoms. The number of hydrogen-bond acceptors (Lipinski definition) is 0. The summed E-state index contributed by atoms with van der Waals surface area (Å²) in [6.45, 7) is 0. The Kier molecular flexibility index (Phi) is 0.848. The summed E-state index contributed by atoms with van der Waals surface area (Å²) >= 11 is 5.75. The summed E-state index contributed by atoms with van der Waals surface area (Å²) in [6, 6.07) is 5.78. The van der Waals surface area contributed by atoms with Crippen LogP contribution < -0.4 is 0 Å². The fourth-order valence-corrected chi connectivity index (χ4v) is 1.10. The molecule has 2 aromatic heterocycles. The van der Waals surface area contributed by atoms with Gasteiger partial charge >= 0.3 is 0 Å². The molecule has 0 unspecified atom stereocenters. The molecule has 0 aliphatic heterocycles. The monoisotopic (exact) mass is 140 g/mol. The Morgan fingerprint density at radius 1 is 1.33 bits per heavy atom. The molecule has 0 aliphatic carbocycles. The summed E-state index contributed by atoms with van der Waals surface area (Å²) in [5.74, 6) is 0. The highest BCUT2D eigenvalue weighted by molar-refractivity contribution is 6.29. The van der Waals surface area contributed by atoms with Crippen LogP contribution in [-0.2, 0) is 0 Å². The second-order valence-corrected chi connectivity index (χ2v) is 2.27. The molecule has 0 amide bonds. The van der Waals surface area contributed by atoms with Gasteiger partial charge in [-0.05, 0) is 18.2 Å². The van der Waals surface area contributed by atoms with Crippen molar-refractivity contribution in [3.05, 3.63) is 29.5 Å². The first kappa shape index (κ1) is 4.94. The average molecular weight is 141 g/mol. The average Bonchev–Trinajstić information content (AvgIpc) is 2.35. The first-order chi connectivity index (χ1) is 4.38. The predicted octanol–water partition coefficient (Wildman–Crippen LogP) is 1.92. The Labute approximate surface area is 57.0 Å². The van der Waals surface area contributed by atoms with Crippen molar-refractivity contribution in [2.24, 2.45) is 0 Å². The molecule has 0 aliphatic rings. The lowest BCUT2D eigenvalue weighted by atomic mass is 10.5. The zero-order valence-electron chi connectivity index (χ0n) is 4.63. The molecule has 0 radical (unpaired) electrons. The number of H-pyrrole nitrogens is 1. The van der Waals surface area contributed by atoms with Gasteiger partial charge in [0.1, 0.15) is 5.15 Å². The van der Waals surface area contributed by atoms with Gasteiger partial charge in [0.25, 0.3) is 0 Å². The molecular formula is C6H5ClN2. The molecule has 0 bridgehead atoms. The minimum Gasteiger partial charge on any atom is -0.300 e. The van der Waals surface area contributed by atoms with Crippen molar-refractivity contribution in [1.29, 1.82) is 0 Å². The maximum atomic E-state index is 5.75. The molecule has 46 valence electrons. The number of rotatable bonds is 0. The van der Waals surface area contributed by atoms with Gasteiger partial charge in [0, 0.05) is 6.20 Å². The quantitative estimate of drug-likeness (QED) is 0.577. The topological polar surface area (TPSA) is 20.2 Å². The molecule has 2 rings (SSSR count). The van der Waals surface area contributed by atoms with E-state index >= 15 is 0 Å². The Hall–Kier alpha value is -0.890. The van der Waals surface area contributed by atoms with Crippen molar-refractivity contribution in [2.45, 2.75) is 0 Å². The van der Waals surface area contributed by atoms with Crippen molar-refractivity contribution in [2.75, 3.05) is 0 Å². The molecule has 0 fully saturated rings. The van der Waals surface area contributed by atoms with Crippen LogP contribution in [0.2, 0.25) is 5.15 Å². The fourth-order valence-electron chi connectivity index (χ4n) is 0.890. The number of halogens is 1. The Bertz CT molecular complexity index is 320. The van der Waals surface area contributed by atoms with Crippen LogP contribution in [0, 0.1) is 0 Å². The van der Waals surface area contributed by atoms with Crippen LogP contribution >= 0.6 is 11.6 Å². The Balaban J connectivity index is 2.99. The third-order valence-electron chi connectivity index (χ3n) is 1.32. The predicted molar refractivity (Wildman–Crippen MR) is 36.8 cm³/mol. The van der Waals surface area contributed by atoms with Crippen LogP contribution in [0.25, 0.3) is 5.52 Å². The zero-order chi connectivity index (χ0) is 6.27. The van der Waals surface area contributed by atoms with E-state index in [1.165, 1.54) is 0 Å². The van der Waals surface area contributed by atoms with Gasteiger partial charge in [-0.15, -0.1) is 0 Å². The van der Waals surface area contributed by atoms with Crippen molar-refractivity contribution in [3.8, 4) is 0 Å². The molecule has 9 heavy (non-hydrogen) atoms. The molecule has 2 heterocycles. The van der Waals surface area contributed by atoms with E-state index < -0.39 is 0 Å². The summed E-state index contributed by atoms with van der Waals surface area (Å²) < 4.78 is 1.81. The van der Waals surface area contributed by atoms with Crippen LogP contribution in [0.1, 0.15) is 0 Å². The van der Waals surface area contributed by atoms with Crippen LogP contribution in [-0.4, -0.2) is 9.61 Å². The van der Waals surface area contributed by atoms with Crippen molar-refractivity contribution >= 4 is 17.1 Å². The molecule has 2 nitrogen and oxygen atoms in total. The second-order valence-electron chi connectivity index (χ2n) is 1.88. The number of aromatic amines is 1. The number of nitrogens with zero attached hydrogens (tertiary/aromatic N) is 1. The third-order valence-corrected chi connectivity index (χ3v) is 1.62. The van der Waals surface area contributed by atoms with Gasteiger partial charge in [-0.3, -0.25) is 0 Å². The van der Waals surface area contributed by atoms with Crippen LogP contribution in [0.15, 0.2) is 24.4 Å². The van der Waals surface area contributed by atoms with Gasteiger partial charge < -0.3 is 5.10 Å². The van der Waals surface area contributed by atoms with E-state index in [2.05, 4.69) is 5.10 Å². The fraction of sp³-hybridized carbons (Fsp3) is 0. The van der Waals surface area contributed by atoms with Crippen molar-refractivity contribution in [3.63, 3.8) is 0 Å². The van der Waals surface area contributed by atoms with E-state index in [9.17, 15) is 0 Å². The van der Waals surface area contributed by atoms with E-state index in [0.717, 1.165) is 10.7 Å². The second kappa shape index (κ2) is 1.54. The summed E-state index contributed by atoms with van der Waals surface area (Å²) in [4.78, 5) is 0.